The number of halogens is 1. The molecule has 0 saturated heterocycles. The van der Waals surface area contributed by atoms with Crippen LogP contribution in [0.4, 0.5) is 0 Å². The molecule has 4 heteroatoms. The van der Waals surface area contributed by atoms with Crippen molar-refractivity contribution >= 4 is 24.2 Å². The van der Waals surface area contributed by atoms with E-state index in [1.54, 1.807) is 7.11 Å². The van der Waals surface area contributed by atoms with Crippen molar-refractivity contribution in [2.24, 2.45) is 0 Å². The van der Waals surface area contributed by atoms with Crippen molar-refractivity contribution in [3.63, 3.8) is 0 Å². The number of hydrogen-bond acceptors (Lipinski definition) is 3. The summed E-state index contributed by atoms with van der Waals surface area (Å²) in [5, 5.41) is 4.13. The van der Waals surface area contributed by atoms with E-state index in [1.165, 1.54) is 0 Å². The molecule has 1 rings (SSSR count). The van der Waals surface area contributed by atoms with Crippen LogP contribution in [-0.2, 0) is 6.42 Å². The quantitative estimate of drug-likeness (QED) is 0.580. The zero-order valence-corrected chi connectivity index (χ0v) is 11.2. The molecule has 1 aromatic rings. The second-order valence-corrected chi connectivity index (χ2v) is 4.39. The van der Waals surface area contributed by atoms with E-state index in [0.29, 0.717) is 0 Å². The first-order valence-corrected chi connectivity index (χ1v) is 6.43. The molecule has 0 radical (unpaired) electrons. The van der Waals surface area contributed by atoms with Gasteiger partial charge in [-0.3, -0.25) is 0 Å². The number of rotatable bonds is 7. The Bertz CT molecular complexity index is 320. The van der Waals surface area contributed by atoms with Crippen LogP contribution in [-0.4, -0.2) is 26.0 Å². The van der Waals surface area contributed by atoms with Crippen LogP contribution in [0.15, 0.2) is 18.2 Å². The summed E-state index contributed by atoms with van der Waals surface area (Å²) in [5.74, 6) is 1.73. The molecule has 0 heterocycles. The standard InChI is InChI=1S/C12H18ClNOS/c1-15-11-4-3-10(12(13)9-11)5-7-14-6-2-8-16/h3-4,9,14,16H,2,5-8H2,1H3. The molecule has 0 amide bonds. The van der Waals surface area contributed by atoms with Gasteiger partial charge in [0.15, 0.2) is 0 Å². The van der Waals surface area contributed by atoms with Gasteiger partial charge >= 0.3 is 0 Å². The summed E-state index contributed by atoms with van der Waals surface area (Å²) < 4.78 is 5.10. The van der Waals surface area contributed by atoms with E-state index in [0.717, 1.165) is 48.0 Å². The minimum atomic E-state index is 0.773. The number of ether oxygens (including phenoxy) is 1. The monoisotopic (exact) mass is 259 g/mol. The topological polar surface area (TPSA) is 21.3 Å². The Morgan fingerprint density at radius 1 is 1.38 bits per heavy atom. The molecule has 0 aromatic heterocycles. The highest BCUT2D eigenvalue weighted by atomic mass is 35.5. The average molecular weight is 260 g/mol. The van der Waals surface area contributed by atoms with E-state index in [9.17, 15) is 0 Å². The van der Waals surface area contributed by atoms with Crippen molar-refractivity contribution in [1.82, 2.24) is 5.32 Å². The van der Waals surface area contributed by atoms with Gasteiger partial charge in [0.1, 0.15) is 5.75 Å². The van der Waals surface area contributed by atoms with Crippen LogP contribution in [0, 0.1) is 0 Å². The second kappa shape index (κ2) is 7.82. The molecule has 0 aliphatic rings. The van der Waals surface area contributed by atoms with Gasteiger partial charge in [-0.1, -0.05) is 17.7 Å². The fourth-order valence-electron chi connectivity index (χ4n) is 1.41. The number of nitrogens with one attached hydrogen (secondary N) is 1. The molecule has 0 saturated carbocycles. The molecule has 0 unspecified atom stereocenters. The third kappa shape index (κ3) is 4.64. The summed E-state index contributed by atoms with van der Waals surface area (Å²) in [6.45, 7) is 1.96. The predicted octanol–water partition coefficient (Wildman–Crippen LogP) is 2.80. The third-order valence-corrected chi connectivity index (χ3v) is 3.01. The smallest absolute Gasteiger partial charge is 0.120 e. The number of thiol groups is 1. The van der Waals surface area contributed by atoms with Gasteiger partial charge in [-0.25, -0.2) is 0 Å². The van der Waals surface area contributed by atoms with Crippen LogP contribution in [0.5, 0.6) is 5.75 Å². The van der Waals surface area contributed by atoms with Crippen molar-refractivity contribution in [2.45, 2.75) is 12.8 Å². The lowest BCUT2D eigenvalue weighted by Crippen LogP contribution is -2.18. The molecule has 90 valence electrons. The summed E-state index contributed by atoms with van der Waals surface area (Å²) in [4.78, 5) is 0. The maximum absolute atomic E-state index is 6.13. The Hall–Kier alpha value is -0.380. The highest BCUT2D eigenvalue weighted by molar-refractivity contribution is 7.80. The van der Waals surface area contributed by atoms with Gasteiger partial charge < -0.3 is 10.1 Å². The lowest BCUT2D eigenvalue weighted by atomic mass is 10.1. The average Bonchev–Trinajstić information content (AvgIpc) is 2.30. The van der Waals surface area contributed by atoms with E-state index < -0.39 is 0 Å². The molecule has 0 aliphatic carbocycles. The largest absolute Gasteiger partial charge is 0.497 e. The van der Waals surface area contributed by atoms with Crippen molar-refractivity contribution in [3.05, 3.63) is 28.8 Å². The molecule has 1 N–H and O–H groups in total. The first-order valence-electron chi connectivity index (χ1n) is 5.42. The maximum atomic E-state index is 6.13. The Kier molecular flexibility index (Phi) is 6.69. The van der Waals surface area contributed by atoms with Gasteiger partial charge in [0.2, 0.25) is 0 Å². The molecule has 16 heavy (non-hydrogen) atoms. The summed E-state index contributed by atoms with van der Waals surface area (Å²) in [6, 6.07) is 5.81. The summed E-state index contributed by atoms with van der Waals surface area (Å²) in [6.07, 6.45) is 2.04. The lowest BCUT2D eigenvalue weighted by molar-refractivity contribution is 0.414. The second-order valence-electron chi connectivity index (χ2n) is 3.53. The molecule has 0 fully saturated rings. The van der Waals surface area contributed by atoms with Gasteiger partial charge in [0.05, 0.1) is 7.11 Å². The molecular formula is C12H18ClNOS. The van der Waals surface area contributed by atoms with E-state index in [1.807, 2.05) is 18.2 Å². The molecule has 2 nitrogen and oxygen atoms in total. The van der Waals surface area contributed by atoms with Crippen LogP contribution in [0.3, 0.4) is 0 Å². The maximum Gasteiger partial charge on any atom is 0.120 e. The zero-order chi connectivity index (χ0) is 11.8. The normalized spacial score (nSPS) is 10.4. The van der Waals surface area contributed by atoms with Gasteiger partial charge in [-0.15, -0.1) is 0 Å². The summed E-state index contributed by atoms with van der Waals surface area (Å²) in [5.41, 5.74) is 1.15. The fourth-order valence-corrected chi connectivity index (χ4v) is 1.83. The SMILES string of the molecule is COc1ccc(CCNCCCS)c(Cl)c1. The van der Waals surface area contributed by atoms with Crippen LogP contribution in [0.1, 0.15) is 12.0 Å². The third-order valence-electron chi connectivity index (χ3n) is 2.34. The molecular weight excluding hydrogens is 242 g/mol. The Morgan fingerprint density at radius 3 is 2.81 bits per heavy atom. The highest BCUT2D eigenvalue weighted by Crippen LogP contribution is 2.22. The summed E-state index contributed by atoms with van der Waals surface area (Å²) >= 11 is 10.3. The minimum Gasteiger partial charge on any atom is -0.497 e. The fraction of sp³-hybridized carbons (Fsp3) is 0.500. The summed E-state index contributed by atoms with van der Waals surface area (Å²) in [7, 11) is 1.64. The zero-order valence-electron chi connectivity index (χ0n) is 9.50. The van der Waals surface area contributed by atoms with E-state index >= 15 is 0 Å². The molecule has 0 atom stereocenters. The highest BCUT2D eigenvalue weighted by Gasteiger charge is 2.01. The number of benzene rings is 1. The first kappa shape index (κ1) is 13.7. The van der Waals surface area contributed by atoms with Crippen molar-refractivity contribution in [1.29, 1.82) is 0 Å². The Morgan fingerprint density at radius 2 is 2.19 bits per heavy atom. The number of hydrogen-bond donors (Lipinski definition) is 2. The minimum absolute atomic E-state index is 0.773. The molecule has 0 aliphatic heterocycles. The van der Waals surface area contributed by atoms with Crippen LogP contribution < -0.4 is 10.1 Å². The predicted molar refractivity (Wildman–Crippen MR) is 73.0 cm³/mol. The first-order chi connectivity index (χ1) is 7.77. The van der Waals surface area contributed by atoms with Gasteiger partial charge in [-0.2, -0.15) is 12.6 Å². The van der Waals surface area contributed by atoms with Gasteiger partial charge in [0, 0.05) is 5.02 Å². The van der Waals surface area contributed by atoms with E-state index in [-0.39, 0.29) is 0 Å². The van der Waals surface area contributed by atoms with Crippen LogP contribution >= 0.6 is 24.2 Å². The van der Waals surface area contributed by atoms with Crippen molar-refractivity contribution in [2.75, 3.05) is 26.0 Å². The van der Waals surface area contributed by atoms with Gasteiger partial charge in [0.25, 0.3) is 0 Å². The van der Waals surface area contributed by atoms with Crippen LogP contribution in [0.2, 0.25) is 5.02 Å². The lowest BCUT2D eigenvalue weighted by Gasteiger charge is -2.07. The van der Waals surface area contributed by atoms with Crippen molar-refractivity contribution in [3.8, 4) is 5.75 Å². The number of methoxy groups -OCH3 is 1. The molecule has 0 bridgehead atoms. The molecule has 1 aromatic carbocycles. The van der Waals surface area contributed by atoms with E-state index in [4.69, 9.17) is 16.3 Å². The van der Waals surface area contributed by atoms with Gasteiger partial charge in [-0.05, 0) is 49.4 Å². The van der Waals surface area contributed by atoms with E-state index in [2.05, 4.69) is 17.9 Å². The Balaban J connectivity index is 2.36. The Labute approximate surface area is 108 Å². The van der Waals surface area contributed by atoms with Crippen LogP contribution in [0.25, 0.3) is 0 Å². The molecule has 0 spiro atoms. The van der Waals surface area contributed by atoms with Crippen molar-refractivity contribution < 1.29 is 4.74 Å².